The highest BCUT2D eigenvalue weighted by Crippen LogP contribution is 2.09. The molecule has 0 saturated carbocycles. The van der Waals surface area contributed by atoms with E-state index in [0.29, 0.717) is 6.04 Å². The minimum atomic E-state index is -0.0713. The Bertz CT molecular complexity index is 222. The molecule has 1 saturated heterocycles. The van der Waals surface area contributed by atoms with Gasteiger partial charge in [0.15, 0.2) is 0 Å². The average molecular weight is 210 g/mol. The van der Waals surface area contributed by atoms with E-state index in [9.17, 15) is 4.79 Å². The van der Waals surface area contributed by atoms with Gasteiger partial charge in [-0.3, -0.25) is 4.79 Å². The zero-order valence-corrected chi connectivity index (χ0v) is 9.83. The number of nitrogens with zero attached hydrogens (tertiary/aromatic N) is 1. The Kier molecular flexibility index (Phi) is 4.82. The molecule has 15 heavy (non-hydrogen) atoms. The third kappa shape index (κ3) is 3.67. The van der Waals surface area contributed by atoms with Crippen molar-refractivity contribution in [2.75, 3.05) is 13.1 Å². The largest absolute Gasteiger partial charge is 0.341 e. The summed E-state index contributed by atoms with van der Waals surface area (Å²) in [5.74, 6) is 0.239. The molecule has 1 heterocycles. The highest BCUT2D eigenvalue weighted by Gasteiger charge is 2.23. The van der Waals surface area contributed by atoms with Crippen molar-refractivity contribution in [3.8, 4) is 0 Å². The molecule has 2 atom stereocenters. The van der Waals surface area contributed by atoms with Crippen molar-refractivity contribution >= 4 is 5.91 Å². The third-order valence-corrected chi connectivity index (χ3v) is 2.84. The molecule has 0 aromatic heterocycles. The van der Waals surface area contributed by atoms with E-state index in [1.165, 1.54) is 0 Å². The van der Waals surface area contributed by atoms with E-state index in [1.54, 1.807) is 0 Å². The van der Waals surface area contributed by atoms with E-state index in [4.69, 9.17) is 0 Å². The van der Waals surface area contributed by atoms with E-state index >= 15 is 0 Å². The molecule has 0 aromatic rings. The SMILES string of the molecule is C=CCC(C)NC(C)C(=O)N1CCCC1. The van der Waals surface area contributed by atoms with E-state index in [-0.39, 0.29) is 11.9 Å². The summed E-state index contributed by atoms with van der Waals surface area (Å²) in [4.78, 5) is 13.9. The lowest BCUT2D eigenvalue weighted by molar-refractivity contribution is -0.132. The van der Waals surface area contributed by atoms with Crippen LogP contribution in [0.25, 0.3) is 0 Å². The average Bonchev–Trinajstić information content (AvgIpc) is 2.69. The molecule has 1 amide bonds. The van der Waals surface area contributed by atoms with Crippen LogP contribution in [0.15, 0.2) is 12.7 Å². The Morgan fingerprint density at radius 3 is 2.60 bits per heavy atom. The van der Waals surface area contributed by atoms with Gasteiger partial charge in [-0.2, -0.15) is 0 Å². The van der Waals surface area contributed by atoms with Crippen molar-refractivity contribution in [2.45, 2.75) is 45.2 Å². The fraction of sp³-hybridized carbons (Fsp3) is 0.750. The van der Waals surface area contributed by atoms with E-state index < -0.39 is 0 Å². The number of nitrogens with one attached hydrogen (secondary N) is 1. The van der Waals surface area contributed by atoms with Gasteiger partial charge >= 0.3 is 0 Å². The predicted octanol–water partition coefficient (Wildman–Crippen LogP) is 1.55. The second-order valence-corrected chi connectivity index (χ2v) is 4.35. The minimum Gasteiger partial charge on any atom is -0.341 e. The Hall–Kier alpha value is -0.830. The molecular weight excluding hydrogens is 188 g/mol. The van der Waals surface area contributed by atoms with Crippen LogP contribution in [0.2, 0.25) is 0 Å². The van der Waals surface area contributed by atoms with Gasteiger partial charge in [0, 0.05) is 19.1 Å². The first-order valence-corrected chi connectivity index (χ1v) is 5.81. The van der Waals surface area contributed by atoms with Crippen molar-refractivity contribution in [3.63, 3.8) is 0 Å². The Labute approximate surface area is 92.5 Å². The molecule has 1 rings (SSSR count). The van der Waals surface area contributed by atoms with Crippen LogP contribution in [0.5, 0.6) is 0 Å². The fourth-order valence-electron chi connectivity index (χ4n) is 2.03. The monoisotopic (exact) mass is 210 g/mol. The molecule has 86 valence electrons. The Morgan fingerprint density at radius 2 is 2.07 bits per heavy atom. The van der Waals surface area contributed by atoms with Gasteiger partial charge in [0.05, 0.1) is 6.04 Å². The minimum absolute atomic E-state index is 0.0713. The lowest BCUT2D eigenvalue weighted by Gasteiger charge is -2.23. The van der Waals surface area contributed by atoms with Crippen LogP contribution in [0.4, 0.5) is 0 Å². The van der Waals surface area contributed by atoms with Gasteiger partial charge in [-0.25, -0.2) is 0 Å². The zero-order valence-electron chi connectivity index (χ0n) is 9.83. The summed E-state index contributed by atoms with van der Waals surface area (Å²) < 4.78 is 0. The second-order valence-electron chi connectivity index (χ2n) is 4.35. The third-order valence-electron chi connectivity index (χ3n) is 2.84. The lowest BCUT2D eigenvalue weighted by Crippen LogP contribution is -2.46. The number of carbonyl (C=O) groups is 1. The Balaban J connectivity index is 2.34. The molecule has 1 aliphatic heterocycles. The van der Waals surface area contributed by atoms with Crippen LogP contribution in [0, 0.1) is 0 Å². The van der Waals surface area contributed by atoms with Crippen LogP contribution < -0.4 is 5.32 Å². The molecule has 1 fully saturated rings. The number of likely N-dealkylation sites (tertiary alicyclic amines) is 1. The summed E-state index contributed by atoms with van der Waals surface area (Å²) in [5.41, 5.74) is 0. The molecule has 3 nitrogen and oxygen atoms in total. The van der Waals surface area contributed by atoms with Crippen molar-refractivity contribution in [2.24, 2.45) is 0 Å². The predicted molar refractivity (Wildman–Crippen MR) is 62.7 cm³/mol. The van der Waals surface area contributed by atoms with Crippen LogP contribution in [0.3, 0.4) is 0 Å². The Morgan fingerprint density at radius 1 is 1.47 bits per heavy atom. The topological polar surface area (TPSA) is 32.3 Å². The summed E-state index contributed by atoms with van der Waals surface area (Å²) in [5, 5.41) is 3.29. The molecule has 0 aromatic carbocycles. The van der Waals surface area contributed by atoms with Gasteiger partial charge < -0.3 is 10.2 Å². The highest BCUT2D eigenvalue weighted by atomic mass is 16.2. The standard InChI is InChI=1S/C12H22N2O/c1-4-7-10(2)13-11(3)12(15)14-8-5-6-9-14/h4,10-11,13H,1,5-9H2,2-3H3. The van der Waals surface area contributed by atoms with Crippen LogP contribution in [0.1, 0.15) is 33.1 Å². The molecule has 0 bridgehead atoms. The van der Waals surface area contributed by atoms with E-state index in [1.807, 2.05) is 17.9 Å². The molecule has 2 unspecified atom stereocenters. The lowest BCUT2D eigenvalue weighted by atomic mass is 10.2. The molecule has 1 aliphatic rings. The fourth-order valence-corrected chi connectivity index (χ4v) is 2.03. The highest BCUT2D eigenvalue weighted by molar-refractivity contribution is 5.81. The summed E-state index contributed by atoms with van der Waals surface area (Å²) in [7, 11) is 0. The molecule has 1 N–H and O–H groups in total. The summed E-state index contributed by atoms with van der Waals surface area (Å²) >= 11 is 0. The summed E-state index contributed by atoms with van der Waals surface area (Å²) in [6, 6.07) is 0.252. The van der Waals surface area contributed by atoms with E-state index in [2.05, 4.69) is 18.8 Å². The maximum Gasteiger partial charge on any atom is 0.239 e. The summed E-state index contributed by atoms with van der Waals surface area (Å²) in [6.07, 6.45) is 5.09. The molecule has 0 spiro atoms. The van der Waals surface area contributed by atoms with Gasteiger partial charge in [-0.05, 0) is 33.1 Å². The van der Waals surface area contributed by atoms with Crippen LogP contribution in [-0.4, -0.2) is 36.0 Å². The van der Waals surface area contributed by atoms with Gasteiger partial charge in [0.1, 0.15) is 0 Å². The van der Waals surface area contributed by atoms with E-state index in [0.717, 1.165) is 32.4 Å². The molecule has 0 radical (unpaired) electrons. The first-order chi connectivity index (χ1) is 7.15. The maximum absolute atomic E-state index is 11.9. The first kappa shape index (κ1) is 12.2. The molecule has 0 aliphatic carbocycles. The van der Waals surface area contributed by atoms with Crippen molar-refractivity contribution < 1.29 is 4.79 Å². The van der Waals surface area contributed by atoms with Crippen LogP contribution in [-0.2, 0) is 4.79 Å². The van der Waals surface area contributed by atoms with Crippen molar-refractivity contribution in [1.82, 2.24) is 10.2 Å². The second kappa shape index (κ2) is 5.91. The quantitative estimate of drug-likeness (QED) is 0.698. The molecule has 3 heteroatoms. The smallest absolute Gasteiger partial charge is 0.239 e. The number of carbonyl (C=O) groups excluding carboxylic acids is 1. The summed E-state index contributed by atoms with van der Waals surface area (Å²) in [6.45, 7) is 9.58. The van der Waals surface area contributed by atoms with Crippen molar-refractivity contribution in [3.05, 3.63) is 12.7 Å². The van der Waals surface area contributed by atoms with Gasteiger partial charge in [-0.15, -0.1) is 6.58 Å². The van der Waals surface area contributed by atoms with Crippen molar-refractivity contribution in [1.29, 1.82) is 0 Å². The normalized spacial score (nSPS) is 20.0. The zero-order chi connectivity index (χ0) is 11.3. The van der Waals surface area contributed by atoms with Gasteiger partial charge in [0.25, 0.3) is 0 Å². The maximum atomic E-state index is 11.9. The number of amides is 1. The van der Waals surface area contributed by atoms with Gasteiger partial charge in [0.2, 0.25) is 5.91 Å². The number of rotatable bonds is 5. The number of hydrogen-bond donors (Lipinski definition) is 1. The van der Waals surface area contributed by atoms with Crippen LogP contribution >= 0.6 is 0 Å². The first-order valence-electron chi connectivity index (χ1n) is 5.81. The van der Waals surface area contributed by atoms with Gasteiger partial charge in [-0.1, -0.05) is 6.08 Å². The molecular formula is C12H22N2O. The number of hydrogen-bond acceptors (Lipinski definition) is 2.